The second kappa shape index (κ2) is 9.37. The maximum atomic E-state index is 15.1. The number of fused-ring (bicyclic) bond motifs is 1. The Morgan fingerprint density at radius 1 is 1.09 bits per heavy atom. The molecule has 3 N–H and O–H groups in total. The average molecular weight is 490 g/mol. The van der Waals surface area contributed by atoms with Gasteiger partial charge in [-0.25, -0.2) is 27.8 Å². The summed E-state index contributed by atoms with van der Waals surface area (Å²) in [6.45, 7) is 3.66. The normalized spacial score (nSPS) is 11.0. The summed E-state index contributed by atoms with van der Waals surface area (Å²) < 4.78 is 76.0. The van der Waals surface area contributed by atoms with Crippen molar-refractivity contribution >= 4 is 22.8 Å². The molecule has 2 aromatic carbocycles. The number of halogens is 5. The highest BCUT2D eigenvalue weighted by molar-refractivity contribution is 5.98. The van der Waals surface area contributed by atoms with Crippen molar-refractivity contribution < 1.29 is 31.5 Å². The summed E-state index contributed by atoms with van der Waals surface area (Å²) in [4.78, 5) is 19.4. The summed E-state index contributed by atoms with van der Waals surface area (Å²) in [5.41, 5.74) is 6.18. The highest BCUT2D eigenvalue weighted by Crippen LogP contribution is 2.35. The highest BCUT2D eigenvalue weighted by atomic mass is 19.2. The number of nitrogens with zero attached hydrogens (tertiary/aromatic N) is 4. The van der Waals surface area contributed by atoms with Crippen molar-refractivity contribution in [2.24, 2.45) is 0 Å². The molecule has 4 aromatic rings. The molecule has 0 saturated carbocycles. The standard InChI is InChI=1S/C22H15F5N6O2/c1-2-15(34)29-5-6-33-22-16(21(28)30-9-31-22)19(32-33)11-4-3-10(7-12(11)23)35-20-17(26)13(24)8-14(25)18(20)27/h2-4,7-9H,1,5-6H2,(H,29,34)(H2,28,30,31). The SMILES string of the molecule is C=CC(=O)NCCn1nc(-c2ccc(Oc3c(F)c(F)cc(F)c3F)cc2F)c2c(N)ncnc21. The molecule has 180 valence electrons. The van der Waals surface area contributed by atoms with Crippen LogP contribution >= 0.6 is 0 Å². The molecule has 0 spiro atoms. The Morgan fingerprint density at radius 2 is 1.80 bits per heavy atom. The number of rotatable bonds is 7. The molecule has 2 heterocycles. The second-order valence-electron chi connectivity index (χ2n) is 7.07. The van der Waals surface area contributed by atoms with Gasteiger partial charge in [-0.3, -0.25) is 4.79 Å². The second-order valence-corrected chi connectivity index (χ2v) is 7.07. The summed E-state index contributed by atoms with van der Waals surface area (Å²) in [6, 6.07) is 3.08. The quantitative estimate of drug-likeness (QED) is 0.231. The predicted molar refractivity (Wildman–Crippen MR) is 115 cm³/mol. The van der Waals surface area contributed by atoms with Gasteiger partial charge >= 0.3 is 0 Å². The highest BCUT2D eigenvalue weighted by Gasteiger charge is 2.23. The van der Waals surface area contributed by atoms with Crippen LogP contribution in [0.3, 0.4) is 0 Å². The molecule has 13 heteroatoms. The van der Waals surface area contributed by atoms with E-state index in [1.165, 1.54) is 17.1 Å². The van der Waals surface area contributed by atoms with E-state index in [-0.39, 0.29) is 47.3 Å². The maximum Gasteiger partial charge on any atom is 0.243 e. The topological polar surface area (TPSA) is 108 Å². The van der Waals surface area contributed by atoms with Crippen molar-refractivity contribution in [3.05, 3.63) is 72.3 Å². The van der Waals surface area contributed by atoms with Gasteiger partial charge in [0.25, 0.3) is 0 Å². The molecule has 0 unspecified atom stereocenters. The lowest BCUT2D eigenvalue weighted by Gasteiger charge is -2.10. The van der Waals surface area contributed by atoms with Crippen molar-refractivity contribution in [2.45, 2.75) is 6.54 Å². The molecule has 0 aliphatic carbocycles. The van der Waals surface area contributed by atoms with Crippen molar-refractivity contribution in [1.29, 1.82) is 0 Å². The fraction of sp³-hybridized carbons (Fsp3) is 0.0909. The molecule has 0 aliphatic heterocycles. The number of hydrogen-bond donors (Lipinski definition) is 2. The summed E-state index contributed by atoms with van der Waals surface area (Å²) >= 11 is 0. The Kier molecular flexibility index (Phi) is 6.32. The number of nitrogen functional groups attached to an aromatic ring is 1. The number of hydrogen-bond acceptors (Lipinski definition) is 6. The molecule has 0 atom stereocenters. The summed E-state index contributed by atoms with van der Waals surface area (Å²) in [5.74, 6) is -10.0. The zero-order valence-corrected chi connectivity index (χ0v) is 17.7. The molecule has 8 nitrogen and oxygen atoms in total. The molecule has 35 heavy (non-hydrogen) atoms. The van der Waals surface area contributed by atoms with Crippen LogP contribution in [0.1, 0.15) is 0 Å². The zero-order valence-electron chi connectivity index (χ0n) is 17.7. The fourth-order valence-corrected chi connectivity index (χ4v) is 3.24. The zero-order chi connectivity index (χ0) is 25.3. The van der Waals surface area contributed by atoms with Gasteiger partial charge < -0.3 is 15.8 Å². The molecule has 0 aliphatic rings. The Hall–Kier alpha value is -4.55. The Labute approximate surface area is 193 Å². The number of aromatic nitrogens is 4. The number of benzene rings is 2. The van der Waals surface area contributed by atoms with Crippen molar-refractivity contribution in [3.63, 3.8) is 0 Å². The van der Waals surface area contributed by atoms with E-state index in [4.69, 9.17) is 10.5 Å². The summed E-state index contributed by atoms with van der Waals surface area (Å²) in [5, 5.41) is 7.12. The van der Waals surface area contributed by atoms with Crippen LogP contribution in [0.2, 0.25) is 0 Å². The van der Waals surface area contributed by atoms with Crippen LogP contribution in [0, 0.1) is 29.1 Å². The minimum atomic E-state index is -1.77. The molecule has 0 fully saturated rings. The maximum absolute atomic E-state index is 15.1. The first-order valence-electron chi connectivity index (χ1n) is 9.89. The number of amides is 1. The third-order valence-electron chi connectivity index (χ3n) is 4.85. The molecule has 2 aromatic heterocycles. The molecule has 0 bridgehead atoms. The van der Waals surface area contributed by atoms with Crippen LogP contribution in [-0.4, -0.2) is 32.2 Å². The lowest BCUT2D eigenvalue weighted by atomic mass is 10.1. The Morgan fingerprint density at radius 3 is 2.46 bits per heavy atom. The molecule has 0 radical (unpaired) electrons. The van der Waals surface area contributed by atoms with E-state index in [2.05, 4.69) is 27.0 Å². The van der Waals surface area contributed by atoms with E-state index < -0.39 is 46.5 Å². The molecular weight excluding hydrogens is 475 g/mol. The first-order valence-corrected chi connectivity index (χ1v) is 9.89. The molecule has 0 saturated heterocycles. The molecular formula is C22H15F5N6O2. The monoisotopic (exact) mass is 490 g/mol. The van der Waals surface area contributed by atoms with Crippen LogP contribution in [0.15, 0.2) is 43.2 Å². The van der Waals surface area contributed by atoms with Crippen LogP contribution in [0.5, 0.6) is 11.5 Å². The van der Waals surface area contributed by atoms with Crippen molar-refractivity contribution in [3.8, 4) is 22.8 Å². The number of anilines is 1. The van der Waals surface area contributed by atoms with Crippen LogP contribution in [0.4, 0.5) is 27.8 Å². The van der Waals surface area contributed by atoms with Gasteiger partial charge in [-0.1, -0.05) is 6.58 Å². The Balaban J connectivity index is 1.71. The number of nitrogens with two attached hydrogens (primary N) is 1. The van der Waals surface area contributed by atoms with Gasteiger partial charge in [0.2, 0.25) is 23.3 Å². The van der Waals surface area contributed by atoms with Crippen molar-refractivity contribution in [1.82, 2.24) is 25.1 Å². The number of carbonyl (C=O) groups is 1. The van der Waals surface area contributed by atoms with Gasteiger partial charge in [-0.05, 0) is 18.2 Å². The summed E-state index contributed by atoms with van der Waals surface area (Å²) in [7, 11) is 0. The van der Waals surface area contributed by atoms with E-state index in [1.54, 1.807) is 0 Å². The van der Waals surface area contributed by atoms with E-state index >= 15 is 4.39 Å². The first kappa shape index (κ1) is 23.6. The summed E-state index contributed by atoms with van der Waals surface area (Å²) in [6.07, 6.45) is 2.29. The number of ether oxygens (including phenoxy) is 1. The third-order valence-corrected chi connectivity index (χ3v) is 4.85. The minimum absolute atomic E-state index is 0.00508. The van der Waals surface area contributed by atoms with Crippen LogP contribution in [0.25, 0.3) is 22.3 Å². The minimum Gasteiger partial charge on any atom is -0.451 e. The van der Waals surface area contributed by atoms with Gasteiger partial charge in [-0.2, -0.15) is 13.9 Å². The average Bonchev–Trinajstić information content (AvgIpc) is 3.20. The van der Waals surface area contributed by atoms with Gasteiger partial charge in [0.15, 0.2) is 17.3 Å². The van der Waals surface area contributed by atoms with Gasteiger partial charge in [0, 0.05) is 24.2 Å². The van der Waals surface area contributed by atoms with E-state index in [1.807, 2.05) is 0 Å². The first-order chi connectivity index (χ1) is 16.7. The van der Waals surface area contributed by atoms with Gasteiger partial charge in [0.05, 0.1) is 11.9 Å². The number of carbonyl (C=O) groups excluding carboxylic acids is 1. The lowest BCUT2D eigenvalue weighted by molar-refractivity contribution is -0.116. The van der Waals surface area contributed by atoms with Gasteiger partial charge in [0.1, 0.15) is 29.4 Å². The van der Waals surface area contributed by atoms with Gasteiger partial charge in [-0.15, -0.1) is 0 Å². The van der Waals surface area contributed by atoms with E-state index in [0.717, 1.165) is 18.2 Å². The number of nitrogens with one attached hydrogen (secondary N) is 1. The van der Waals surface area contributed by atoms with Crippen molar-refractivity contribution in [2.75, 3.05) is 12.3 Å². The lowest BCUT2D eigenvalue weighted by Crippen LogP contribution is -2.25. The molecule has 1 amide bonds. The molecule has 4 rings (SSSR count). The van der Waals surface area contributed by atoms with Crippen LogP contribution in [-0.2, 0) is 11.3 Å². The fourth-order valence-electron chi connectivity index (χ4n) is 3.24. The van der Waals surface area contributed by atoms with E-state index in [0.29, 0.717) is 0 Å². The third kappa shape index (κ3) is 4.47. The van der Waals surface area contributed by atoms with Crippen LogP contribution < -0.4 is 15.8 Å². The van der Waals surface area contributed by atoms with E-state index in [9.17, 15) is 22.4 Å². The predicted octanol–water partition coefficient (Wildman–Crippen LogP) is 3.87. The Bertz CT molecular complexity index is 1450. The smallest absolute Gasteiger partial charge is 0.243 e. The largest absolute Gasteiger partial charge is 0.451 e.